The van der Waals surface area contributed by atoms with Gasteiger partial charge in [0.15, 0.2) is 0 Å². The molecular weight excluding hydrogens is 482 g/mol. The Kier molecular flexibility index (Phi) is 5.02. The Morgan fingerprint density at radius 2 is 1.00 bits per heavy atom. The zero-order valence-corrected chi connectivity index (χ0v) is 19.7. The largest absolute Gasteiger partial charge is 0.478 e. The van der Waals surface area contributed by atoms with Crippen molar-refractivity contribution in [2.75, 3.05) is 0 Å². The number of benzene rings is 5. The molecule has 33 heavy (non-hydrogen) atoms. The Balaban J connectivity index is 0.00000259. The molecule has 0 saturated heterocycles. The molecular formula is C24H12O8Zn. The van der Waals surface area contributed by atoms with Gasteiger partial charge < -0.3 is 20.4 Å². The van der Waals surface area contributed by atoms with Crippen LogP contribution in [0.15, 0.2) is 48.5 Å². The molecule has 0 unspecified atom stereocenters. The molecule has 0 fully saturated rings. The first-order valence-electron chi connectivity index (χ1n) is 9.36. The summed E-state index contributed by atoms with van der Waals surface area (Å²) in [5, 5.41) is 42.3. The molecule has 0 amide bonds. The minimum absolute atomic E-state index is 0. The first-order valence-corrected chi connectivity index (χ1v) is 9.36. The molecule has 0 spiro atoms. The molecule has 8 nitrogen and oxygen atoms in total. The Hall–Kier alpha value is -4.10. The van der Waals surface area contributed by atoms with Gasteiger partial charge in [0.25, 0.3) is 0 Å². The van der Waals surface area contributed by atoms with Crippen LogP contribution in [0.5, 0.6) is 0 Å². The molecule has 0 saturated carbocycles. The van der Waals surface area contributed by atoms with Crippen LogP contribution in [-0.4, -0.2) is 44.3 Å². The molecule has 158 valence electrons. The summed E-state index contributed by atoms with van der Waals surface area (Å²) >= 11 is 0. The molecule has 0 aliphatic heterocycles. The molecule has 5 rings (SSSR count). The minimum Gasteiger partial charge on any atom is -0.478 e. The van der Waals surface area contributed by atoms with Gasteiger partial charge in [-0.05, 0) is 33.0 Å². The maximum absolute atomic E-state index is 12.3. The number of carbonyl (C=O) groups is 4. The van der Waals surface area contributed by atoms with Crippen LogP contribution < -0.4 is 0 Å². The van der Waals surface area contributed by atoms with Gasteiger partial charge in [0.05, 0.1) is 22.3 Å². The van der Waals surface area contributed by atoms with Crippen LogP contribution in [0.4, 0.5) is 0 Å². The molecule has 9 heteroatoms. The van der Waals surface area contributed by atoms with E-state index >= 15 is 0 Å². The predicted octanol–water partition coefficient (Wildman–Crippen LogP) is 4.53. The molecule has 0 aliphatic carbocycles. The van der Waals surface area contributed by atoms with Gasteiger partial charge in [0, 0.05) is 35.6 Å². The molecule has 0 heterocycles. The van der Waals surface area contributed by atoms with Crippen molar-refractivity contribution in [3.05, 3.63) is 70.8 Å². The standard InChI is InChI=1S/C24H12O8.Zn/c25-21(26)13-8-7-11-10-5-1-3-9-4-2-6-12(14(9)10)16-15(11)17(13)19(23(29)30)20(24(31)32)18(16)22(27)28;/h1-8H,(H,25,26)(H,27,28)(H,29,30)(H,31,32);. The summed E-state index contributed by atoms with van der Waals surface area (Å²) in [6, 6.07) is 13.2. The van der Waals surface area contributed by atoms with Crippen LogP contribution in [0, 0.1) is 0 Å². The van der Waals surface area contributed by atoms with Crippen LogP contribution in [0.25, 0.3) is 43.1 Å². The molecule has 0 bridgehead atoms. The van der Waals surface area contributed by atoms with Gasteiger partial charge >= 0.3 is 23.9 Å². The number of rotatable bonds is 4. The van der Waals surface area contributed by atoms with Crippen molar-refractivity contribution < 1.29 is 59.1 Å². The van der Waals surface area contributed by atoms with Crippen LogP contribution in [0.3, 0.4) is 0 Å². The van der Waals surface area contributed by atoms with E-state index in [-0.39, 0.29) is 35.6 Å². The number of carboxylic acid groups (broad SMARTS) is 4. The zero-order chi connectivity index (χ0) is 22.9. The van der Waals surface area contributed by atoms with Gasteiger partial charge in [0.1, 0.15) is 0 Å². The summed E-state index contributed by atoms with van der Waals surface area (Å²) in [5.41, 5.74) is -2.93. The molecule has 0 aliphatic rings. The van der Waals surface area contributed by atoms with Crippen molar-refractivity contribution in [3.63, 3.8) is 0 Å². The van der Waals surface area contributed by atoms with Crippen molar-refractivity contribution in [1.82, 2.24) is 0 Å². The van der Waals surface area contributed by atoms with Crippen LogP contribution in [-0.2, 0) is 19.5 Å². The Morgan fingerprint density at radius 1 is 0.485 bits per heavy atom. The van der Waals surface area contributed by atoms with Crippen LogP contribution >= 0.6 is 0 Å². The normalized spacial score (nSPS) is 11.2. The van der Waals surface area contributed by atoms with E-state index in [9.17, 15) is 39.6 Å². The molecule has 4 N–H and O–H groups in total. The number of carboxylic acids is 4. The molecule has 0 atom stereocenters. The summed E-state index contributed by atoms with van der Waals surface area (Å²) in [4.78, 5) is 48.7. The van der Waals surface area contributed by atoms with Gasteiger partial charge in [-0.2, -0.15) is 0 Å². The summed E-state index contributed by atoms with van der Waals surface area (Å²) in [5.74, 6) is -6.58. The summed E-state index contributed by atoms with van der Waals surface area (Å²) in [6.07, 6.45) is 0. The van der Waals surface area contributed by atoms with Gasteiger partial charge in [0.2, 0.25) is 0 Å². The first-order chi connectivity index (χ1) is 15.2. The van der Waals surface area contributed by atoms with E-state index < -0.39 is 46.1 Å². The Bertz CT molecular complexity index is 1680. The van der Waals surface area contributed by atoms with Gasteiger partial charge in [-0.15, -0.1) is 0 Å². The van der Waals surface area contributed by atoms with Crippen molar-refractivity contribution in [3.8, 4) is 0 Å². The molecule has 0 radical (unpaired) electrons. The fourth-order valence-electron chi connectivity index (χ4n) is 4.71. The quantitative estimate of drug-likeness (QED) is 0.162. The van der Waals surface area contributed by atoms with E-state index in [0.29, 0.717) is 21.5 Å². The smallest absolute Gasteiger partial charge is 0.337 e. The average Bonchev–Trinajstić information content (AvgIpc) is 2.75. The van der Waals surface area contributed by atoms with Gasteiger partial charge in [-0.1, -0.05) is 42.5 Å². The molecule has 5 aromatic carbocycles. The second-order valence-electron chi connectivity index (χ2n) is 7.34. The van der Waals surface area contributed by atoms with Gasteiger partial charge in [-0.25, -0.2) is 19.2 Å². The first kappa shape index (κ1) is 22.1. The van der Waals surface area contributed by atoms with Crippen LogP contribution in [0.2, 0.25) is 0 Å². The van der Waals surface area contributed by atoms with Crippen molar-refractivity contribution in [1.29, 1.82) is 0 Å². The second-order valence-corrected chi connectivity index (χ2v) is 7.34. The molecule has 5 aromatic rings. The van der Waals surface area contributed by atoms with Crippen molar-refractivity contribution in [2.24, 2.45) is 0 Å². The van der Waals surface area contributed by atoms with Crippen LogP contribution in [0.1, 0.15) is 41.4 Å². The van der Waals surface area contributed by atoms with E-state index in [0.717, 1.165) is 5.39 Å². The summed E-state index contributed by atoms with van der Waals surface area (Å²) < 4.78 is 0. The van der Waals surface area contributed by atoms with E-state index in [1.807, 2.05) is 12.1 Å². The third-order valence-electron chi connectivity index (χ3n) is 5.79. The average molecular weight is 494 g/mol. The Morgan fingerprint density at radius 3 is 1.55 bits per heavy atom. The van der Waals surface area contributed by atoms with Crippen molar-refractivity contribution >= 4 is 67.0 Å². The summed E-state index contributed by atoms with van der Waals surface area (Å²) in [6.45, 7) is 0. The zero-order valence-electron chi connectivity index (χ0n) is 16.7. The van der Waals surface area contributed by atoms with E-state index in [1.54, 1.807) is 24.3 Å². The maximum atomic E-state index is 12.3. The SMILES string of the molecule is O=C(O)c1c(C(=O)O)c2c(C(=O)O)ccc3c4cccc5cccc(c(c1C(=O)O)c23)c54.[Zn]. The van der Waals surface area contributed by atoms with Crippen molar-refractivity contribution in [2.45, 2.75) is 0 Å². The van der Waals surface area contributed by atoms with E-state index in [1.165, 1.54) is 12.1 Å². The topological polar surface area (TPSA) is 149 Å². The van der Waals surface area contributed by atoms with Gasteiger partial charge in [-0.3, -0.25) is 0 Å². The second kappa shape index (κ2) is 7.50. The Labute approximate surface area is 196 Å². The summed E-state index contributed by atoms with van der Waals surface area (Å²) in [7, 11) is 0. The number of fused-ring (bicyclic) bond motifs is 2. The third kappa shape index (κ3) is 2.86. The third-order valence-corrected chi connectivity index (χ3v) is 5.79. The fourth-order valence-corrected chi connectivity index (χ4v) is 4.71. The fraction of sp³-hybridized carbons (Fsp3) is 0. The molecule has 0 aromatic heterocycles. The van der Waals surface area contributed by atoms with E-state index in [2.05, 4.69) is 0 Å². The number of hydrogen-bond acceptors (Lipinski definition) is 4. The minimum atomic E-state index is -1.77. The predicted molar refractivity (Wildman–Crippen MR) is 115 cm³/mol. The van der Waals surface area contributed by atoms with E-state index in [4.69, 9.17) is 0 Å². The number of aromatic carboxylic acids is 4. The monoisotopic (exact) mass is 492 g/mol. The maximum Gasteiger partial charge on any atom is 0.337 e. The number of hydrogen-bond donors (Lipinski definition) is 4.